The molecule has 4 aromatic rings. The second kappa shape index (κ2) is 7.74. The van der Waals surface area contributed by atoms with Crippen LogP contribution in [0.4, 0.5) is 11.6 Å². The van der Waals surface area contributed by atoms with Gasteiger partial charge < -0.3 is 26.2 Å². The minimum Gasteiger partial charge on any atom is -0.390 e. The maximum atomic E-state index is 10.7. The molecule has 0 bridgehead atoms. The molecule has 1 aliphatic carbocycles. The standard InChI is InChI=1S/C22H23BrN6O2/c23-15-8-12-3-1-11(7-16(12)28-21(15)25)2-4-13-9-17(19(31)18(13)30)29-6-5-14-20(24)26-10-27-22(14)29/h1,3,5-8,10,13,17-19,30-31H,2,4,9H2,(H2,25,28)(H2,24,26,27)/t13-,17-,18-,19+/m1/s1. The van der Waals surface area contributed by atoms with Crippen LogP contribution in [-0.2, 0) is 6.42 Å². The molecule has 31 heavy (non-hydrogen) atoms. The molecule has 1 aliphatic rings. The number of hydrogen-bond acceptors (Lipinski definition) is 7. The van der Waals surface area contributed by atoms with Crippen molar-refractivity contribution >= 4 is 49.5 Å². The van der Waals surface area contributed by atoms with Gasteiger partial charge in [-0.25, -0.2) is 15.0 Å². The number of fused-ring (bicyclic) bond motifs is 2. The highest BCUT2D eigenvalue weighted by Crippen LogP contribution is 2.39. The van der Waals surface area contributed by atoms with E-state index in [0.717, 1.165) is 39.2 Å². The Morgan fingerprint density at radius 3 is 2.74 bits per heavy atom. The number of rotatable bonds is 4. The molecule has 0 amide bonds. The lowest BCUT2D eigenvalue weighted by atomic mass is 9.95. The van der Waals surface area contributed by atoms with E-state index < -0.39 is 12.2 Å². The average Bonchev–Trinajstić information content (AvgIpc) is 3.30. The molecule has 6 N–H and O–H groups in total. The van der Waals surface area contributed by atoms with Gasteiger partial charge in [-0.3, -0.25) is 0 Å². The largest absolute Gasteiger partial charge is 0.390 e. The predicted molar refractivity (Wildman–Crippen MR) is 123 cm³/mol. The number of hydrogen-bond donors (Lipinski definition) is 4. The highest BCUT2D eigenvalue weighted by molar-refractivity contribution is 9.10. The second-order valence-corrected chi connectivity index (χ2v) is 9.04. The molecular weight excluding hydrogens is 460 g/mol. The number of aliphatic hydroxyl groups excluding tert-OH is 2. The van der Waals surface area contributed by atoms with Crippen LogP contribution in [0.25, 0.3) is 21.9 Å². The van der Waals surface area contributed by atoms with Gasteiger partial charge in [0.15, 0.2) is 0 Å². The number of pyridine rings is 1. The summed E-state index contributed by atoms with van der Waals surface area (Å²) in [6.45, 7) is 0. The summed E-state index contributed by atoms with van der Waals surface area (Å²) in [6.07, 6.45) is 3.79. The molecule has 5 rings (SSSR count). The summed E-state index contributed by atoms with van der Waals surface area (Å²) in [6, 6.07) is 9.68. The topological polar surface area (TPSA) is 136 Å². The Balaban J connectivity index is 1.34. The number of benzene rings is 1. The first kappa shape index (κ1) is 20.2. The Bertz CT molecular complexity index is 1280. The van der Waals surface area contributed by atoms with Crippen LogP contribution < -0.4 is 11.5 Å². The maximum absolute atomic E-state index is 10.7. The van der Waals surface area contributed by atoms with Gasteiger partial charge >= 0.3 is 0 Å². The lowest BCUT2D eigenvalue weighted by molar-refractivity contribution is 0.00545. The van der Waals surface area contributed by atoms with Crippen molar-refractivity contribution in [1.82, 2.24) is 19.5 Å². The minimum atomic E-state index is -0.868. The molecule has 1 aromatic carbocycles. The predicted octanol–water partition coefficient (Wildman–Crippen LogP) is 2.82. The number of aromatic nitrogens is 4. The summed E-state index contributed by atoms with van der Waals surface area (Å²) in [5.74, 6) is 0.839. The lowest BCUT2D eigenvalue weighted by Crippen LogP contribution is -2.29. The third-order valence-electron chi connectivity index (χ3n) is 6.34. The molecule has 3 aromatic heterocycles. The van der Waals surface area contributed by atoms with Gasteiger partial charge in [0, 0.05) is 11.6 Å². The molecule has 1 saturated carbocycles. The van der Waals surface area contributed by atoms with Gasteiger partial charge in [0.25, 0.3) is 0 Å². The molecule has 0 aliphatic heterocycles. The number of nitrogens with zero attached hydrogens (tertiary/aromatic N) is 4. The first-order chi connectivity index (χ1) is 14.9. The van der Waals surface area contributed by atoms with Crippen LogP contribution in [-0.4, -0.2) is 41.9 Å². The summed E-state index contributed by atoms with van der Waals surface area (Å²) in [7, 11) is 0. The van der Waals surface area contributed by atoms with Crippen LogP contribution in [0.2, 0.25) is 0 Å². The third-order valence-corrected chi connectivity index (χ3v) is 6.97. The van der Waals surface area contributed by atoms with E-state index >= 15 is 0 Å². The van der Waals surface area contributed by atoms with Crippen LogP contribution in [0, 0.1) is 5.92 Å². The van der Waals surface area contributed by atoms with Crippen molar-refractivity contribution in [3.8, 4) is 0 Å². The van der Waals surface area contributed by atoms with Gasteiger partial charge in [-0.05, 0) is 64.9 Å². The molecule has 1 fully saturated rings. The van der Waals surface area contributed by atoms with E-state index in [1.165, 1.54) is 6.33 Å². The number of nitrogen functional groups attached to an aromatic ring is 2. The summed E-state index contributed by atoms with van der Waals surface area (Å²) in [5.41, 5.74) is 14.5. The van der Waals surface area contributed by atoms with E-state index in [4.69, 9.17) is 11.5 Å². The number of anilines is 2. The molecular formula is C22H23BrN6O2. The zero-order valence-electron chi connectivity index (χ0n) is 16.7. The first-order valence-electron chi connectivity index (χ1n) is 10.2. The highest BCUT2D eigenvalue weighted by atomic mass is 79.9. The van der Waals surface area contributed by atoms with Gasteiger partial charge in [-0.2, -0.15) is 0 Å². The molecule has 160 valence electrons. The van der Waals surface area contributed by atoms with Gasteiger partial charge in [0.1, 0.15) is 29.7 Å². The Hall–Kier alpha value is -2.75. The summed E-state index contributed by atoms with van der Waals surface area (Å²) in [5, 5.41) is 23.2. The van der Waals surface area contributed by atoms with E-state index in [2.05, 4.69) is 36.9 Å². The van der Waals surface area contributed by atoms with E-state index in [0.29, 0.717) is 23.7 Å². The van der Waals surface area contributed by atoms with Crippen molar-refractivity contribution in [2.24, 2.45) is 5.92 Å². The zero-order chi connectivity index (χ0) is 21.7. The van der Waals surface area contributed by atoms with Crippen LogP contribution in [0.5, 0.6) is 0 Å². The average molecular weight is 483 g/mol. The summed E-state index contributed by atoms with van der Waals surface area (Å²) in [4.78, 5) is 12.8. The van der Waals surface area contributed by atoms with Crippen molar-refractivity contribution in [3.63, 3.8) is 0 Å². The third kappa shape index (κ3) is 3.52. The quantitative estimate of drug-likeness (QED) is 0.351. The molecule has 3 heterocycles. The maximum Gasteiger partial charge on any atom is 0.145 e. The highest BCUT2D eigenvalue weighted by Gasteiger charge is 2.42. The lowest BCUT2D eigenvalue weighted by Gasteiger charge is -2.19. The Morgan fingerprint density at radius 2 is 1.90 bits per heavy atom. The zero-order valence-corrected chi connectivity index (χ0v) is 18.3. The van der Waals surface area contributed by atoms with Crippen molar-refractivity contribution < 1.29 is 10.2 Å². The Labute approximate surface area is 187 Å². The van der Waals surface area contributed by atoms with E-state index in [1.807, 2.05) is 35.0 Å². The molecule has 9 heteroatoms. The van der Waals surface area contributed by atoms with Gasteiger partial charge in [-0.1, -0.05) is 12.1 Å². The van der Waals surface area contributed by atoms with E-state index in [9.17, 15) is 10.2 Å². The Kier molecular flexibility index (Phi) is 5.04. The van der Waals surface area contributed by atoms with Gasteiger partial charge in [0.2, 0.25) is 0 Å². The number of aryl methyl sites for hydroxylation is 1. The Morgan fingerprint density at radius 1 is 1.06 bits per heavy atom. The number of halogens is 1. The van der Waals surface area contributed by atoms with Crippen LogP contribution in [0.1, 0.15) is 24.4 Å². The van der Waals surface area contributed by atoms with E-state index in [1.54, 1.807) is 0 Å². The normalized spacial score (nSPS) is 23.7. The van der Waals surface area contributed by atoms with Crippen molar-refractivity contribution in [1.29, 1.82) is 0 Å². The monoisotopic (exact) mass is 482 g/mol. The van der Waals surface area contributed by atoms with Crippen LogP contribution >= 0.6 is 15.9 Å². The molecule has 4 atom stereocenters. The van der Waals surface area contributed by atoms with Crippen molar-refractivity contribution in [3.05, 3.63) is 52.9 Å². The minimum absolute atomic E-state index is 0.0322. The van der Waals surface area contributed by atoms with Crippen LogP contribution in [0.3, 0.4) is 0 Å². The van der Waals surface area contributed by atoms with Crippen LogP contribution in [0.15, 0.2) is 47.3 Å². The smallest absolute Gasteiger partial charge is 0.145 e. The molecule has 0 radical (unpaired) electrons. The SMILES string of the molecule is Nc1nc2cc(CC[C@@H]3C[C@@H](n4ccc5c(N)ncnc54)[C@H](O)[C@@H]3O)ccc2cc1Br. The van der Waals surface area contributed by atoms with Crippen molar-refractivity contribution in [2.45, 2.75) is 37.5 Å². The van der Waals surface area contributed by atoms with Gasteiger partial charge in [0.05, 0.1) is 27.5 Å². The molecule has 0 unspecified atom stereocenters. The fourth-order valence-corrected chi connectivity index (χ4v) is 4.96. The summed E-state index contributed by atoms with van der Waals surface area (Å²) < 4.78 is 2.69. The first-order valence-corrected chi connectivity index (χ1v) is 11.0. The molecule has 0 spiro atoms. The number of aliphatic hydroxyl groups is 2. The van der Waals surface area contributed by atoms with Crippen molar-refractivity contribution in [2.75, 3.05) is 11.5 Å². The fraction of sp³-hybridized carbons (Fsp3) is 0.318. The second-order valence-electron chi connectivity index (χ2n) is 8.18. The number of nitrogens with two attached hydrogens (primary N) is 2. The molecule has 0 saturated heterocycles. The molecule has 8 nitrogen and oxygen atoms in total. The fourth-order valence-electron chi connectivity index (χ4n) is 4.63. The summed E-state index contributed by atoms with van der Waals surface area (Å²) >= 11 is 3.41. The van der Waals surface area contributed by atoms with Gasteiger partial charge in [-0.15, -0.1) is 0 Å². The van der Waals surface area contributed by atoms with E-state index in [-0.39, 0.29) is 12.0 Å².